The molecule has 1 fully saturated rings. The minimum Gasteiger partial charge on any atom is -0.370 e. The van der Waals surface area contributed by atoms with E-state index in [4.69, 9.17) is 17.3 Å². The molecule has 0 bridgehead atoms. The van der Waals surface area contributed by atoms with E-state index in [1.165, 1.54) is 0 Å². The van der Waals surface area contributed by atoms with Crippen LogP contribution in [-0.2, 0) is 4.79 Å². The number of fused-ring (bicyclic) bond motifs is 1. The number of nitrogens with two attached hydrogens (primary N) is 1. The van der Waals surface area contributed by atoms with Crippen molar-refractivity contribution in [2.24, 2.45) is 11.7 Å². The van der Waals surface area contributed by atoms with Gasteiger partial charge in [-0.1, -0.05) is 30.3 Å². The molecule has 1 aromatic carbocycles. The Hall–Kier alpha value is -2.18. The highest BCUT2D eigenvalue weighted by atomic mass is 35.5. The molecule has 1 aliphatic rings. The number of carbonyl (C=O) groups excluding carboxylic acids is 1. The van der Waals surface area contributed by atoms with Crippen LogP contribution in [-0.4, -0.2) is 29.0 Å². The van der Waals surface area contributed by atoms with Gasteiger partial charge in [0.25, 0.3) is 0 Å². The van der Waals surface area contributed by atoms with Crippen molar-refractivity contribution in [2.75, 3.05) is 18.0 Å². The van der Waals surface area contributed by atoms with Gasteiger partial charge in [0, 0.05) is 30.5 Å². The van der Waals surface area contributed by atoms with Gasteiger partial charge in [-0.3, -0.25) is 4.79 Å². The van der Waals surface area contributed by atoms with Crippen molar-refractivity contribution in [1.82, 2.24) is 9.97 Å². The number of primary amides is 1. The van der Waals surface area contributed by atoms with Gasteiger partial charge in [-0.15, -0.1) is 11.3 Å². The van der Waals surface area contributed by atoms with E-state index in [0.29, 0.717) is 6.42 Å². The summed E-state index contributed by atoms with van der Waals surface area (Å²) >= 11 is 7.73. The number of carbonyl (C=O) groups is 1. The van der Waals surface area contributed by atoms with Crippen LogP contribution >= 0.6 is 22.9 Å². The summed E-state index contributed by atoms with van der Waals surface area (Å²) < 4.78 is 0. The average molecular weight is 373 g/mol. The molecule has 0 aliphatic carbocycles. The Bertz CT molecular complexity index is 927. The Balaban J connectivity index is 1.78. The summed E-state index contributed by atoms with van der Waals surface area (Å²) in [5.41, 5.74) is 7.60. The maximum absolute atomic E-state index is 11.2. The van der Waals surface area contributed by atoms with E-state index >= 15 is 0 Å². The van der Waals surface area contributed by atoms with Gasteiger partial charge in [-0.2, -0.15) is 4.98 Å². The van der Waals surface area contributed by atoms with Crippen molar-refractivity contribution in [2.45, 2.75) is 12.8 Å². The molecule has 0 saturated carbocycles. The summed E-state index contributed by atoms with van der Waals surface area (Å²) in [4.78, 5) is 23.2. The number of hydrogen-bond acceptors (Lipinski definition) is 5. The number of amides is 1. The predicted octanol–water partition coefficient (Wildman–Crippen LogP) is 3.71. The van der Waals surface area contributed by atoms with E-state index in [0.717, 1.165) is 46.7 Å². The lowest BCUT2D eigenvalue weighted by Gasteiger charge is -2.19. The van der Waals surface area contributed by atoms with Crippen LogP contribution in [0, 0.1) is 5.92 Å². The zero-order valence-electron chi connectivity index (χ0n) is 13.5. The fraction of sp³-hybridized carbons (Fsp3) is 0.278. The van der Waals surface area contributed by atoms with Crippen molar-refractivity contribution < 1.29 is 4.79 Å². The number of benzene rings is 1. The maximum atomic E-state index is 11.2. The summed E-state index contributed by atoms with van der Waals surface area (Å²) in [5, 5.41) is 3.38. The normalized spacial score (nSPS) is 17.3. The van der Waals surface area contributed by atoms with Crippen molar-refractivity contribution >= 4 is 44.9 Å². The molecule has 3 heterocycles. The number of halogens is 1. The molecule has 1 amide bonds. The van der Waals surface area contributed by atoms with E-state index < -0.39 is 0 Å². The highest BCUT2D eigenvalue weighted by Gasteiger charge is 2.28. The minimum atomic E-state index is -0.252. The van der Waals surface area contributed by atoms with E-state index in [-0.39, 0.29) is 17.1 Å². The SMILES string of the molecule is NC(=O)CC1CCN(c2nc(Cl)nc3scc(-c4ccccc4)c23)C1. The van der Waals surface area contributed by atoms with Gasteiger partial charge in [0.05, 0.1) is 5.39 Å². The molecular formula is C18H17ClN4OS. The van der Waals surface area contributed by atoms with E-state index in [9.17, 15) is 4.79 Å². The molecule has 0 spiro atoms. The number of anilines is 1. The molecule has 2 N–H and O–H groups in total. The topological polar surface area (TPSA) is 72.1 Å². The Kier molecular flexibility index (Phi) is 4.31. The van der Waals surface area contributed by atoms with Crippen LogP contribution in [0.25, 0.3) is 21.3 Å². The largest absolute Gasteiger partial charge is 0.370 e. The second-order valence-electron chi connectivity index (χ2n) is 6.28. The Labute approximate surface area is 154 Å². The van der Waals surface area contributed by atoms with Gasteiger partial charge in [0.1, 0.15) is 10.6 Å². The Morgan fingerprint density at radius 1 is 1.32 bits per heavy atom. The van der Waals surface area contributed by atoms with Gasteiger partial charge in [0.2, 0.25) is 11.2 Å². The highest BCUT2D eigenvalue weighted by Crippen LogP contribution is 2.40. The number of rotatable bonds is 4. The monoisotopic (exact) mass is 372 g/mol. The van der Waals surface area contributed by atoms with E-state index in [2.05, 4.69) is 32.4 Å². The lowest BCUT2D eigenvalue weighted by Crippen LogP contribution is -2.23. The zero-order valence-corrected chi connectivity index (χ0v) is 15.1. The van der Waals surface area contributed by atoms with Crippen molar-refractivity contribution in [3.05, 3.63) is 41.0 Å². The third-order valence-corrected chi connectivity index (χ3v) is 5.59. The lowest BCUT2D eigenvalue weighted by molar-refractivity contribution is -0.118. The molecule has 1 aliphatic heterocycles. The molecular weight excluding hydrogens is 356 g/mol. The second kappa shape index (κ2) is 6.61. The van der Waals surface area contributed by atoms with Crippen LogP contribution in [0.5, 0.6) is 0 Å². The van der Waals surface area contributed by atoms with Gasteiger partial charge >= 0.3 is 0 Å². The van der Waals surface area contributed by atoms with Crippen LogP contribution in [0.15, 0.2) is 35.7 Å². The summed E-state index contributed by atoms with van der Waals surface area (Å²) in [7, 11) is 0. The van der Waals surface area contributed by atoms with Gasteiger partial charge < -0.3 is 10.6 Å². The van der Waals surface area contributed by atoms with Crippen LogP contribution in [0.1, 0.15) is 12.8 Å². The fourth-order valence-corrected chi connectivity index (χ4v) is 4.59. The average Bonchev–Trinajstić information content (AvgIpc) is 3.21. The van der Waals surface area contributed by atoms with Crippen LogP contribution < -0.4 is 10.6 Å². The summed E-state index contributed by atoms with van der Waals surface area (Å²) in [6, 6.07) is 10.2. The van der Waals surface area contributed by atoms with Crippen molar-refractivity contribution in [1.29, 1.82) is 0 Å². The predicted molar refractivity (Wildman–Crippen MR) is 102 cm³/mol. The van der Waals surface area contributed by atoms with Crippen LogP contribution in [0.4, 0.5) is 5.82 Å². The minimum absolute atomic E-state index is 0.252. The quantitative estimate of drug-likeness (QED) is 0.708. The summed E-state index contributed by atoms with van der Waals surface area (Å²) in [6.07, 6.45) is 1.34. The third kappa shape index (κ3) is 3.19. The highest BCUT2D eigenvalue weighted by molar-refractivity contribution is 7.17. The molecule has 1 saturated heterocycles. The molecule has 5 nitrogen and oxygen atoms in total. The molecule has 128 valence electrons. The molecule has 25 heavy (non-hydrogen) atoms. The van der Waals surface area contributed by atoms with E-state index in [1.54, 1.807) is 11.3 Å². The van der Waals surface area contributed by atoms with Crippen molar-refractivity contribution in [3.63, 3.8) is 0 Å². The van der Waals surface area contributed by atoms with Crippen LogP contribution in [0.3, 0.4) is 0 Å². The first kappa shape index (κ1) is 16.3. The molecule has 4 rings (SSSR count). The number of aromatic nitrogens is 2. The number of thiophene rings is 1. The first-order valence-electron chi connectivity index (χ1n) is 8.15. The number of hydrogen-bond donors (Lipinski definition) is 1. The Morgan fingerprint density at radius 3 is 2.88 bits per heavy atom. The van der Waals surface area contributed by atoms with Crippen molar-refractivity contribution in [3.8, 4) is 11.1 Å². The maximum Gasteiger partial charge on any atom is 0.225 e. The molecule has 7 heteroatoms. The standard InChI is InChI=1S/C18H17ClN4OS/c19-18-21-16(23-7-6-11(9-23)8-14(20)24)15-13(10-25-17(15)22-18)12-4-2-1-3-5-12/h1-5,10-11H,6-9H2,(H2,20,24). The van der Waals surface area contributed by atoms with Gasteiger partial charge in [-0.25, -0.2) is 4.98 Å². The molecule has 2 aromatic heterocycles. The lowest BCUT2D eigenvalue weighted by atomic mass is 10.0. The van der Waals surface area contributed by atoms with Gasteiger partial charge in [0.15, 0.2) is 0 Å². The zero-order chi connectivity index (χ0) is 17.4. The fourth-order valence-electron chi connectivity index (χ4n) is 3.43. The smallest absolute Gasteiger partial charge is 0.225 e. The first-order valence-corrected chi connectivity index (χ1v) is 9.41. The third-order valence-electron chi connectivity index (χ3n) is 4.55. The van der Waals surface area contributed by atoms with E-state index in [1.807, 2.05) is 18.2 Å². The van der Waals surface area contributed by atoms with Crippen LogP contribution in [0.2, 0.25) is 5.28 Å². The molecule has 1 atom stereocenters. The Morgan fingerprint density at radius 2 is 2.12 bits per heavy atom. The molecule has 3 aromatic rings. The number of nitrogens with zero attached hydrogens (tertiary/aromatic N) is 3. The summed E-state index contributed by atoms with van der Waals surface area (Å²) in [6.45, 7) is 1.60. The van der Waals surface area contributed by atoms with Gasteiger partial charge in [-0.05, 0) is 29.5 Å². The molecule has 0 radical (unpaired) electrons. The summed E-state index contributed by atoms with van der Waals surface area (Å²) in [5.74, 6) is 0.861. The second-order valence-corrected chi connectivity index (χ2v) is 7.48. The first-order chi connectivity index (χ1) is 12.1. The molecule has 1 unspecified atom stereocenters.